The molecule has 2 heteroatoms. The number of carbonyl (C=O) groups excluding carboxylic acids is 1. The third kappa shape index (κ3) is 5.89. The first-order valence-electron chi connectivity index (χ1n) is 2.97. The summed E-state index contributed by atoms with van der Waals surface area (Å²) in [4.78, 5) is 10.1. The second-order valence-electron chi connectivity index (χ2n) is 1.83. The van der Waals surface area contributed by atoms with Gasteiger partial charge >= 0.3 is 0 Å². The number of hydrogen-bond donors (Lipinski definition) is 0. The second kappa shape index (κ2) is 5.04. The molecular formula is C6H11OS. The second-order valence-corrected chi connectivity index (χ2v) is 2.28. The highest BCUT2D eigenvalue weighted by Crippen LogP contribution is 2.00. The summed E-state index contributed by atoms with van der Waals surface area (Å²) in [7, 11) is 0. The van der Waals surface area contributed by atoms with Crippen LogP contribution < -0.4 is 0 Å². The van der Waals surface area contributed by atoms with Crippen molar-refractivity contribution in [2.45, 2.75) is 32.6 Å². The average molecular weight is 131 g/mol. The molecule has 0 fully saturated rings. The highest BCUT2D eigenvalue weighted by molar-refractivity contribution is 7.96. The summed E-state index contributed by atoms with van der Waals surface area (Å²) in [6.45, 7) is 2.11. The van der Waals surface area contributed by atoms with E-state index in [-0.39, 0.29) is 5.12 Å². The van der Waals surface area contributed by atoms with Gasteiger partial charge in [0.05, 0.1) is 0 Å². The van der Waals surface area contributed by atoms with Crippen molar-refractivity contribution in [2.24, 2.45) is 0 Å². The minimum atomic E-state index is -0.0987. The van der Waals surface area contributed by atoms with Crippen molar-refractivity contribution in [3.8, 4) is 0 Å². The lowest BCUT2D eigenvalue weighted by Gasteiger charge is -1.89. The number of unbranched alkanes of at least 4 members (excludes halogenated alkanes) is 2. The van der Waals surface area contributed by atoms with Gasteiger partial charge in [-0.25, -0.2) is 0 Å². The fourth-order valence-electron chi connectivity index (χ4n) is 0.519. The molecule has 0 aliphatic carbocycles. The lowest BCUT2D eigenvalue weighted by atomic mass is 10.2. The van der Waals surface area contributed by atoms with E-state index < -0.39 is 0 Å². The summed E-state index contributed by atoms with van der Waals surface area (Å²) < 4.78 is 0. The van der Waals surface area contributed by atoms with Crippen molar-refractivity contribution in [2.75, 3.05) is 0 Å². The Balaban J connectivity index is 2.82. The van der Waals surface area contributed by atoms with E-state index in [0.29, 0.717) is 6.42 Å². The molecule has 8 heavy (non-hydrogen) atoms. The third-order valence-corrected chi connectivity index (χ3v) is 1.19. The van der Waals surface area contributed by atoms with Gasteiger partial charge in [0.25, 0.3) is 0 Å². The van der Waals surface area contributed by atoms with Gasteiger partial charge in [-0.2, -0.15) is 0 Å². The van der Waals surface area contributed by atoms with Crippen LogP contribution in [0.1, 0.15) is 32.6 Å². The van der Waals surface area contributed by atoms with Crippen molar-refractivity contribution in [1.82, 2.24) is 0 Å². The lowest BCUT2D eigenvalue weighted by molar-refractivity contribution is -0.110. The van der Waals surface area contributed by atoms with Crippen LogP contribution in [-0.2, 0) is 4.79 Å². The van der Waals surface area contributed by atoms with Gasteiger partial charge in [0.15, 0.2) is 0 Å². The van der Waals surface area contributed by atoms with Crippen molar-refractivity contribution in [3.63, 3.8) is 0 Å². The molecule has 0 aromatic heterocycles. The molecule has 0 saturated heterocycles. The summed E-state index contributed by atoms with van der Waals surface area (Å²) in [6, 6.07) is 0. The molecule has 0 atom stereocenters. The molecule has 0 saturated carbocycles. The van der Waals surface area contributed by atoms with Crippen molar-refractivity contribution in [1.29, 1.82) is 0 Å². The first-order valence-corrected chi connectivity index (χ1v) is 3.38. The predicted octanol–water partition coefficient (Wildman–Crippen LogP) is 2.29. The maximum Gasteiger partial charge on any atom is 0.218 e. The van der Waals surface area contributed by atoms with Crippen LogP contribution in [0.3, 0.4) is 0 Å². The van der Waals surface area contributed by atoms with Gasteiger partial charge in [-0.15, -0.1) is 0 Å². The molecule has 0 unspecified atom stereocenters. The minimum Gasteiger partial charge on any atom is -0.282 e. The average Bonchev–Trinajstić information content (AvgIpc) is 1.66. The Kier molecular flexibility index (Phi) is 4.97. The van der Waals surface area contributed by atoms with Gasteiger partial charge in [-0.05, 0) is 19.0 Å². The van der Waals surface area contributed by atoms with Gasteiger partial charge in [0.1, 0.15) is 0 Å². The molecule has 0 aliphatic heterocycles. The van der Waals surface area contributed by atoms with Crippen LogP contribution in [0.4, 0.5) is 0 Å². The van der Waals surface area contributed by atoms with E-state index in [1.54, 1.807) is 0 Å². The summed E-state index contributed by atoms with van der Waals surface area (Å²) >= 11 is 4.35. The summed E-state index contributed by atoms with van der Waals surface area (Å²) in [5.41, 5.74) is 0. The monoisotopic (exact) mass is 131 g/mol. The Labute approximate surface area is 55.9 Å². The Morgan fingerprint density at radius 1 is 1.50 bits per heavy atom. The molecule has 0 N–H and O–H groups in total. The van der Waals surface area contributed by atoms with Crippen LogP contribution in [0.2, 0.25) is 0 Å². The van der Waals surface area contributed by atoms with E-state index in [2.05, 4.69) is 19.6 Å². The highest BCUT2D eigenvalue weighted by Gasteiger charge is 1.92. The molecule has 0 rings (SSSR count). The van der Waals surface area contributed by atoms with E-state index in [1.165, 1.54) is 0 Å². The Morgan fingerprint density at radius 3 is 2.50 bits per heavy atom. The zero-order valence-corrected chi connectivity index (χ0v) is 5.96. The van der Waals surface area contributed by atoms with Crippen LogP contribution in [-0.4, -0.2) is 5.12 Å². The summed E-state index contributed by atoms with van der Waals surface area (Å²) in [5.74, 6) is 0. The summed E-state index contributed by atoms with van der Waals surface area (Å²) in [6.07, 6.45) is 3.84. The molecule has 0 aromatic carbocycles. The van der Waals surface area contributed by atoms with Crippen molar-refractivity contribution >= 4 is 17.7 Å². The largest absolute Gasteiger partial charge is 0.282 e. The van der Waals surface area contributed by atoms with E-state index in [4.69, 9.17) is 0 Å². The zero-order chi connectivity index (χ0) is 6.41. The predicted molar refractivity (Wildman–Crippen MR) is 36.7 cm³/mol. The van der Waals surface area contributed by atoms with Crippen LogP contribution in [0.25, 0.3) is 0 Å². The molecule has 1 radical (unpaired) electrons. The van der Waals surface area contributed by atoms with Crippen LogP contribution in [0, 0.1) is 0 Å². The molecule has 1 nitrogen and oxygen atoms in total. The van der Waals surface area contributed by atoms with Crippen molar-refractivity contribution in [3.05, 3.63) is 0 Å². The zero-order valence-electron chi connectivity index (χ0n) is 5.14. The van der Waals surface area contributed by atoms with E-state index in [0.717, 1.165) is 19.3 Å². The first-order chi connectivity index (χ1) is 3.77. The normalized spacial score (nSPS) is 9.12. The molecule has 0 spiro atoms. The van der Waals surface area contributed by atoms with Crippen LogP contribution >= 0.6 is 12.6 Å². The van der Waals surface area contributed by atoms with E-state index in [1.807, 2.05) is 0 Å². The number of hydrogen-bond acceptors (Lipinski definition) is 1. The molecule has 47 valence electrons. The van der Waals surface area contributed by atoms with Crippen LogP contribution in [0.15, 0.2) is 0 Å². The SMILES string of the molecule is CCCCCC(=O)[S]. The van der Waals surface area contributed by atoms with Gasteiger partial charge in [-0.3, -0.25) is 4.79 Å². The maximum atomic E-state index is 10.1. The number of rotatable bonds is 4. The molecule has 0 heterocycles. The molecular weight excluding hydrogens is 120 g/mol. The van der Waals surface area contributed by atoms with Gasteiger partial charge in [0, 0.05) is 6.42 Å². The summed E-state index contributed by atoms with van der Waals surface area (Å²) in [5, 5.41) is -0.0987. The fraction of sp³-hybridized carbons (Fsp3) is 0.833. The number of carbonyl (C=O) groups is 1. The first kappa shape index (κ1) is 7.89. The highest BCUT2D eigenvalue weighted by atomic mass is 32.1. The fourth-order valence-corrected chi connectivity index (χ4v) is 0.664. The van der Waals surface area contributed by atoms with E-state index in [9.17, 15) is 4.79 Å². The lowest BCUT2D eigenvalue weighted by Crippen LogP contribution is -1.84. The van der Waals surface area contributed by atoms with Gasteiger partial charge in [-0.1, -0.05) is 19.8 Å². The van der Waals surface area contributed by atoms with Gasteiger partial charge in [0.2, 0.25) is 5.12 Å². The Morgan fingerprint density at radius 2 is 2.12 bits per heavy atom. The Hall–Kier alpha value is -0.110. The molecule has 0 amide bonds. The Bertz CT molecular complexity index is 70.9. The minimum absolute atomic E-state index is 0.0987. The van der Waals surface area contributed by atoms with Crippen molar-refractivity contribution < 1.29 is 4.79 Å². The molecule has 0 bridgehead atoms. The topological polar surface area (TPSA) is 17.1 Å². The quantitative estimate of drug-likeness (QED) is 0.535. The van der Waals surface area contributed by atoms with Crippen LogP contribution in [0.5, 0.6) is 0 Å². The van der Waals surface area contributed by atoms with E-state index >= 15 is 0 Å². The standard InChI is InChI=1S/C6H11OS/c1-2-3-4-5-6(7)8/h2-5H2,1H3. The van der Waals surface area contributed by atoms with Gasteiger partial charge < -0.3 is 0 Å². The smallest absolute Gasteiger partial charge is 0.218 e. The third-order valence-electron chi connectivity index (χ3n) is 0.984. The molecule has 0 aromatic rings. The maximum absolute atomic E-state index is 10.1. The molecule has 0 aliphatic rings.